The van der Waals surface area contributed by atoms with Crippen molar-refractivity contribution in [2.45, 2.75) is 45.6 Å². The molecule has 0 unspecified atom stereocenters. The fraction of sp³-hybridized carbons (Fsp3) is 0.476. The predicted molar refractivity (Wildman–Crippen MR) is 115 cm³/mol. The van der Waals surface area contributed by atoms with E-state index in [9.17, 15) is 9.59 Å². The molecule has 29 heavy (non-hydrogen) atoms. The van der Waals surface area contributed by atoms with Gasteiger partial charge in [-0.15, -0.1) is 11.3 Å². The molecule has 2 heterocycles. The highest BCUT2D eigenvalue weighted by atomic mass is 35.5. The predicted octanol–water partition coefficient (Wildman–Crippen LogP) is 3.87. The summed E-state index contributed by atoms with van der Waals surface area (Å²) >= 11 is 7.55. The molecule has 2 aromatic rings. The van der Waals surface area contributed by atoms with Crippen LogP contribution in [-0.4, -0.2) is 41.5 Å². The van der Waals surface area contributed by atoms with Gasteiger partial charge in [-0.25, -0.2) is 0 Å². The number of amides is 2. The standard InChI is InChI=1S/C21H26ClN3O3S/c1-21(2,3)17-13-25(11-10-24-9-5-6-18(24)26)20(29-17)23-19(27)15-12-14(22)7-8-16(15)28-4/h7-8,12-13H,5-6,9-11H2,1-4H3. The van der Waals surface area contributed by atoms with Crippen LogP contribution in [0.25, 0.3) is 0 Å². The highest BCUT2D eigenvalue weighted by Crippen LogP contribution is 2.26. The molecular formula is C21H26ClN3O3S. The lowest BCUT2D eigenvalue weighted by atomic mass is 9.95. The molecule has 0 N–H and O–H groups in total. The Morgan fingerprint density at radius 1 is 1.31 bits per heavy atom. The summed E-state index contributed by atoms with van der Waals surface area (Å²) < 4.78 is 7.25. The number of ether oxygens (including phenoxy) is 1. The minimum atomic E-state index is -0.405. The lowest BCUT2D eigenvalue weighted by Gasteiger charge is -2.16. The van der Waals surface area contributed by atoms with Gasteiger partial charge in [0.15, 0.2) is 4.80 Å². The lowest BCUT2D eigenvalue weighted by Crippen LogP contribution is -2.30. The number of benzene rings is 1. The summed E-state index contributed by atoms with van der Waals surface area (Å²) in [6.45, 7) is 8.37. The van der Waals surface area contributed by atoms with Crippen LogP contribution >= 0.6 is 22.9 Å². The average molecular weight is 436 g/mol. The molecule has 1 aliphatic rings. The van der Waals surface area contributed by atoms with Gasteiger partial charge in [0, 0.05) is 42.2 Å². The Bertz CT molecular complexity index is 988. The lowest BCUT2D eigenvalue weighted by molar-refractivity contribution is -0.127. The third-order valence-corrected chi connectivity index (χ3v) is 6.51. The molecule has 1 aliphatic heterocycles. The number of hydrogen-bond acceptors (Lipinski definition) is 4. The summed E-state index contributed by atoms with van der Waals surface area (Å²) in [4.78, 5) is 32.8. The van der Waals surface area contributed by atoms with Gasteiger partial charge in [-0.3, -0.25) is 9.59 Å². The first-order valence-corrected chi connectivity index (χ1v) is 10.8. The molecule has 8 heteroatoms. The minimum Gasteiger partial charge on any atom is -0.496 e. The number of methoxy groups -OCH3 is 1. The largest absolute Gasteiger partial charge is 0.496 e. The number of aromatic nitrogens is 1. The van der Waals surface area contributed by atoms with E-state index in [0.717, 1.165) is 17.8 Å². The Balaban J connectivity index is 1.96. The van der Waals surface area contributed by atoms with Crippen LogP contribution in [0.2, 0.25) is 5.02 Å². The maximum absolute atomic E-state index is 12.9. The zero-order valence-electron chi connectivity index (χ0n) is 17.2. The molecule has 1 aromatic heterocycles. The maximum atomic E-state index is 12.9. The smallest absolute Gasteiger partial charge is 0.283 e. The maximum Gasteiger partial charge on any atom is 0.283 e. The van der Waals surface area contributed by atoms with Crippen molar-refractivity contribution in [1.82, 2.24) is 9.47 Å². The molecule has 0 saturated carbocycles. The first-order valence-electron chi connectivity index (χ1n) is 9.60. The van der Waals surface area contributed by atoms with E-state index < -0.39 is 5.91 Å². The quantitative estimate of drug-likeness (QED) is 0.716. The summed E-state index contributed by atoms with van der Waals surface area (Å²) in [5.74, 6) is 0.220. The average Bonchev–Trinajstić information content (AvgIpc) is 3.25. The van der Waals surface area contributed by atoms with Gasteiger partial charge in [-0.05, 0) is 30.0 Å². The van der Waals surface area contributed by atoms with Crippen LogP contribution in [0.1, 0.15) is 48.8 Å². The van der Waals surface area contributed by atoms with Gasteiger partial charge in [-0.2, -0.15) is 4.99 Å². The normalized spacial score (nSPS) is 15.3. The van der Waals surface area contributed by atoms with E-state index in [1.165, 1.54) is 18.4 Å². The van der Waals surface area contributed by atoms with Crippen molar-refractivity contribution in [3.8, 4) is 5.75 Å². The van der Waals surface area contributed by atoms with Crippen molar-refractivity contribution in [2.24, 2.45) is 4.99 Å². The van der Waals surface area contributed by atoms with Crippen LogP contribution in [0, 0.1) is 0 Å². The number of likely N-dealkylation sites (tertiary alicyclic amines) is 1. The van der Waals surface area contributed by atoms with E-state index in [1.807, 2.05) is 15.7 Å². The van der Waals surface area contributed by atoms with Crippen LogP contribution in [0.4, 0.5) is 0 Å². The zero-order valence-corrected chi connectivity index (χ0v) is 18.8. The van der Waals surface area contributed by atoms with Crippen molar-refractivity contribution >= 4 is 34.8 Å². The van der Waals surface area contributed by atoms with E-state index in [-0.39, 0.29) is 11.3 Å². The zero-order chi connectivity index (χ0) is 21.2. The van der Waals surface area contributed by atoms with E-state index in [0.29, 0.717) is 40.6 Å². The number of thiazole rings is 1. The number of carbonyl (C=O) groups is 2. The van der Waals surface area contributed by atoms with Crippen LogP contribution in [0.15, 0.2) is 29.4 Å². The monoisotopic (exact) mass is 435 g/mol. The molecule has 156 valence electrons. The van der Waals surface area contributed by atoms with Gasteiger partial charge >= 0.3 is 0 Å². The molecule has 0 radical (unpaired) electrons. The molecule has 0 bridgehead atoms. The van der Waals surface area contributed by atoms with Crippen molar-refractivity contribution in [3.05, 3.63) is 44.7 Å². The number of nitrogens with zero attached hydrogens (tertiary/aromatic N) is 3. The molecule has 0 atom stereocenters. The fourth-order valence-electron chi connectivity index (χ4n) is 3.14. The van der Waals surface area contributed by atoms with Gasteiger partial charge < -0.3 is 14.2 Å². The van der Waals surface area contributed by atoms with Crippen molar-refractivity contribution < 1.29 is 14.3 Å². The van der Waals surface area contributed by atoms with Gasteiger partial charge in [0.25, 0.3) is 5.91 Å². The number of halogens is 1. The molecule has 2 amide bonds. The fourth-order valence-corrected chi connectivity index (χ4v) is 4.38. The van der Waals surface area contributed by atoms with Crippen LogP contribution < -0.4 is 9.54 Å². The van der Waals surface area contributed by atoms with Gasteiger partial charge in [0.2, 0.25) is 5.91 Å². The van der Waals surface area contributed by atoms with Crippen molar-refractivity contribution in [1.29, 1.82) is 0 Å². The molecule has 3 rings (SSSR count). The van der Waals surface area contributed by atoms with Crippen molar-refractivity contribution in [2.75, 3.05) is 20.2 Å². The van der Waals surface area contributed by atoms with Gasteiger partial charge in [0.1, 0.15) is 5.75 Å². The van der Waals surface area contributed by atoms with E-state index in [1.54, 1.807) is 18.2 Å². The second-order valence-corrected chi connectivity index (χ2v) is 9.51. The highest BCUT2D eigenvalue weighted by Gasteiger charge is 2.22. The Morgan fingerprint density at radius 2 is 2.07 bits per heavy atom. The third kappa shape index (κ3) is 5.08. The molecule has 1 saturated heterocycles. The third-order valence-electron chi connectivity index (χ3n) is 4.83. The van der Waals surface area contributed by atoms with Crippen LogP contribution in [0.5, 0.6) is 5.75 Å². The summed E-state index contributed by atoms with van der Waals surface area (Å²) in [5, 5.41) is 0.450. The summed E-state index contributed by atoms with van der Waals surface area (Å²) in [6, 6.07) is 4.90. The SMILES string of the molecule is COc1ccc(Cl)cc1C(=O)N=c1sc(C(C)(C)C)cn1CCN1CCCC1=O. The molecule has 1 fully saturated rings. The van der Waals surface area contributed by atoms with E-state index in [2.05, 4.69) is 25.8 Å². The number of rotatable bonds is 5. The molecule has 0 spiro atoms. The Morgan fingerprint density at radius 3 is 2.69 bits per heavy atom. The summed E-state index contributed by atoms with van der Waals surface area (Å²) in [6.07, 6.45) is 3.56. The first-order chi connectivity index (χ1) is 13.7. The summed E-state index contributed by atoms with van der Waals surface area (Å²) in [7, 11) is 1.51. The van der Waals surface area contributed by atoms with E-state index in [4.69, 9.17) is 16.3 Å². The van der Waals surface area contributed by atoms with Crippen LogP contribution in [-0.2, 0) is 16.8 Å². The van der Waals surface area contributed by atoms with E-state index >= 15 is 0 Å². The topological polar surface area (TPSA) is 63.9 Å². The van der Waals surface area contributed by atoms with Crippen molar-refractivity contribution in [3.63, 3.8) is 0 Å². The second-order valence-electron chi connectivity index (χ2n) is 8.07. The Labute approximate surface area is 179 Å². The molecule has 6 nitrogen and oxygen atoms in total. The Kier molecular flexibility index (Phi) is 6.49. The number of hydrogen-bond donors (Lipinski definition) is 0. The minimum absolute atomic E-state index is 0.0690. The van der Waals surface area contributed by atoms with Gasteiger partial charge in [0.05, 0.1) is 12.7 Å². The van der Waals surface area contributed by atoms with Gasteiger partial charge in [-0.1, -0.05) is 32.4 Å². The second kappa shape index (κ2) is 8.71. The summed E-state index contributed by atoms with van der Waals surface area (Å²) in [5.41, 5.74) is 0.257. The Hall–Kier alpha value is -2.12. The molecule has 0 aliphatic carbocycles. The first kappa shape index (κ1) is 21.6. The van der Waals surface area contributed by atoms with Crippen LogP contribution in [0.3, 0.4) is 0 Å². The highest BCUT2D eigenvalue weighted by molar-refractivity contribution is 7.09. The molecular weight excluding hydrogens is 410 g/mol. The molecule has 1 aromatic carbocycles. The number of carbonyl (C=O) groups excluding carboxylic acids is 2.